The zero-order valence-corrected chi connectivity index (χ0v) is 17.3. The van der Waals surface area contributed by atoms with E-state index in [4.69, 9.17) is 15.2 Å². The lowest BCUT2D eigenvalue weighted by Crippen LogP contribution is -2.11. The number of fused-ring (bicyclic) bond motifs is 1. The van der Waals surface area contributed by atoms with Crippen molar-refractivity contribution in [2.75, 3.05) is 19.8 Å². The second kappa shape index (κ2) is 10.8. The fourth-order valence-electron chi connectivity index (χ4n) is 2.79. The van der Waals surface area contributed by atoms with E-state index in [1.165, 1.54) is 0 Å². The van der Waals surface area contributed by atoms with Crippen molar-refractivity contribution in [3.63, 3.8) is 0 Å². The number of primary amides is 1. The summed E-state index contributed by atoms with van der Waals surface area (Å²) in [5, 5.41) is 0.882. The Morgan fingerprint density at radius 3 is 2.83 bits per heavy atom. The summed E-state index contributed by atoms with van der Waals surface area (Å²) in [6.45, 7) is 3.73. The van der Waals surface area contributed by atoms with Crippen molar-refractivity contribution >= 4 is 28.7 Å². The Morgan fingerprint density at radius 2 is 2.00 bits per heavy atom. The first-order valence-electron chi connectivity index (χ1n) is 9.64. The Labute approximate surface area is 174 Å². The molecule has 7 nitrogen and oxygen atoms in total. The van der Waals surface area contributed by atoms with Gasteiger partial charge in [-0.15, -0.1) is 0 Å². The van der Waals surface area contributed by atoms with Gasteiger partial charge in [0.05, 0.1) is 23.3 Å². The van der Waals surface area contributed by atoms with Crippen LogP contribution >= 0.6 is 11.8 Å². The molecule has 0 unspecified atom stereocenters. The van der Waals surface area contributed by atoms with Crippen LogP contribution < -0.4 is 10.5 Å². The lowest BCUT2D eigenvalue weighted by atomic mass is 10.2. The predicted octanol–water partition coefficient (Wildman–Crippen LogP) is 3.61. The minimum absolute atomic E-state index is 0.292. The lowest BCUT2D eigenvalue weighted by molar-refractivity contribution is -0.118. The second-order valence-corrected chi connectivity index (χ2v) is 7.58. The first kappa shape index (κ1) is 21.1. The average molecular weight is 415 g/mol. The maximum atomic E-state index is 10.7. The Morgan fingerprint density at radius 1 is 1.17 bits per heavy atom. The summed E-state index contributed by atoms with van der Waals surface area (Å²) >= 11 is 1.63. The van der Waals surface area contributed by atoms with Crippen LogP contribution in [0.15, 0.2) is 41.7 Å². The highest BCUT2D eigenvalue weighted by Crippen LogP contribution is 2.27. The van der Waals surface area contributed by atoms with Crippen LogP contribution in [0.5, 0.6) is 5.75 Å². The molecule has 3 N–H and O–H groups in total. The Balaban J connectivity index is 1.43. The minimum Gasteiger partial charge on any atom is -0.493 e. The SMILES string of the molecule is Cc1c(OCCCOCCCC(N)=O)ccnc1CSc1nc2ccccc2[nH]1. The third-order valence-corrected chi connectivity index (χ3v) is 5.26. The molecule has 3 aromatic rings. The van der Waals surface area contributed by atoms with Crippen molar-refractivity contribution in [3.05, 3.63) is 47.8 Å². The largest absolute Gasteiger partial charge is 0.493 e. The van der Waals surface area contributed by atoms with Gasteiger partial charge in [-0.05, 0) is 31.5 Å². The number of aromatic amines is 1. The van der Waals surface area contributed by atoms with Gasteiger partial charge < -0.3 is 20.2 Å². The predicted molar refractivity (Wildman–Crippen MR) is 114 cm³/mol. The molecule has 2 aromatic heterocycles. The molecule has 29 heavy (non-hydrogen) atoms. The number of pyridine rings is 1. The smallest absolute Gasteiger partial charge is 0.217 e. The van der Waals surface area contributed by atoms with Crippen LogP contribution in [0, 0.1) is 6.92 Å². The number of amides is 1. The highest BCUT2D eigenvalue weighted by molar-refractivity contribution is 7.98. The van der Waals surface area contributed by atoms with Crippen molar-refractivity contribution in [1.29, 1.82) is 0 Å². The van der Waals surface area contributed by atoms with Crippen molar-refractivity contribution < 1.29 is 14.3 Å². The average Bonchev–Trinajstić information content (AvgIpc) is 3.13. The number of benzene rings is 1. The van der Waals surface area contributed by atoms with Crippen LogP contribution in [0.25, 0.3) is 11.0 Å². The molecule has 0 bridgehead atoms. The quantitative estimate of drug-likeness (QED) is 0.347. The van der Waals surface area contributed by atoms with Crippen molar-refractivity contribution in [3.8, 4) is 5.75 Å². The van der Waals surface area contributed by atoms with Crippen molar-refractivity contribution in [1.82, 2.24) is 15.0 Å². The zero-order chi connectivity index (χ0) is 20.5. The topological polar surface area (TPSA) is 103 Å². The maximum Gasteiger partial charge on any atom is 0.217 e. The van der Waals surface area contributed by atoms with Crippen LogP contribution in [-0.4, -0.2) is 40.7 Å². The van der Waals surface area contributed by atoms with Gasteiger partial charge in [-0.1, -0.05) is 23.9 Å². The summed E-state index contributed by atoms with van der Waals surface area (Å²) in [4.78, 5) is 23.1. The van der Waals surface area contributed by atoms with E-state index in [9.17, 15) is 4.79 Å². The number of H-pyrrole nitrogens is 1. The molecule has 0 aliphatic heterocycles. The number of carbonyl (C=O) groups excluding carboxylic acids is 1. The van der Waals surface area contributed by atoms with E-state index in [-0.39, 0.29) is 5.91 Å². The number of aromatic nitrogens is 3. The standard InChI is InChI=1S/C21H26N4O3S/c1-15-18(14-29-21-24-16-6-2-3-7-17(16)25-21)23-10-9-19(15)28-13-5-12-27-11-4-8-20(22)26/h2-3,6-7,9-10H,4-5,8,11-14H2,1H3,(H2,22,26)(H,24,25). The van der Waals surface area contributed by atoms with Crippen LogP contribution in [0.4, 0.5) is 0 Å². The molecule has 1 amide bonds. The van der Waals surface area contributed by atoms with Gasteiger partial charge in [-0.25, -0.2) is 4.98 Å². The van der Waals surface area contributed by atoms with E-state index in [1.54, 1.807) is 18.0 Å². The molecule has 154 valence electrons. The Kier molecular flexibility index (Phi) is 7.89. The number of ether oxygens (including phenoxy) is 2. The summed E-state index contributed by atoms with van der Waals surface area (Å²) < 4.78 is 11.4. The van der Waals surface area contributed by atoms with Crippen molar-refractivity contribution in [2.24, 2.45) is 5.73 Å². The van der Waals surface area contributed by atoms with E-state index in [0.717, 1.165) is 39.6 Å². The summed E-state index contributed by atoms with van der Waals surface area (Å²) in [6, 6.07) is 9.88. The minimum atomic E-state index is -0.292. The van der Waals surface area contributed by atoms with Crippen molar-refractivity contribution in [2.45, 2.75) is 37.1 Å². The van der Waals surface area contributed by atoms with Gasteiger partial charge in [0, 0.05) is 43.6 Å². The van der Waals surface area contributed by atoms with Gasteiger partial charge >= 0.3 is 0 Å². The van der Waals surface area contributed by atoms with Gasteiger partial charge in [0.2, 0.25) is 5.91 Å². The third-order valence-electron chi connectivity index (χ3n) is 4.37. The molecule has 8 heteroatoms. The third kappa shape index (κ3) is 6.47. The first-order chi connectivity index (χ1) is 14.1. The zero-order valence-electron chi connectivity index (χ0n) is 16.5. The molecule has 1 aromatic carbocycles. The number of hydrogen-bond acceptors (Lipinski definition) is 6. The number of nitrogens with zero attached hydrogens (tertiary/aromatic N) is 2. The van der Waals surface area contributed by atoms with Gasteiger partial charge in [-0.3, -0.25) is 9.78 Å². The molecule has 0 fully saturated rings. The number of thioether (sulfide) groups is 1. The molecule has 0 radical (unpaired) electrons. The monoisotopic (exact) mass is 414 g/mol. The molecule has 0 atom stereocenters. The molecule has 0 saturated heterocycles. The van der Waals surface area contributed by atoms with E-state index in [1.807, 2.05) is 37.3 Å². The molecular weight excluding hydrogens is 388 g/mol. The molecule has 0 aliphatic carbocycles. The molecule has 0 aliphatic rings. The highest BCUT2D eigenvalue weighted by Gasteiger charge is 2.09. The molecule has 2 heterocycles. The highest BCUT2D eigenvalue weighted by atomic mass is 32.2. The van der Waals surface area contributed by atoms with E-state index in [2.05, 4.69) is 15.0 Å². The Bertz CT molecular complexity index is 912. The molecule has 0 spiro atoms. The van der Waals surface area contributed by atoms with E-state index >= 15 is 0 Å². The van der Waals surface area contributed by atoms with Crippen LogP contribution in [-0.2, 0) is 15.3 Å². The second-order valence-electron chi connectivity index (χ2n) is 6.61. The van der Waals surface area contributed by atoms with Gasteiger partial charge in [0.25, 0.3) is 0 Å². The lowest BCUT2D eigenvalue weighted by Gasteiger charge is -2.12. The Hall–Kier alpha value is -2.58. The molecule has 3 rings (SSSR count). The molecular formula is C21H26N4O3S. The summed E-state index contributed by atoms with van der Waals surface area (Å²) in [5.41, 5.74) is 9.12. The fourth-order valence-corrected chi connectivity index (χ4v) is 3.70. The normalized spacial score (nSPS) is 11.1. The summed E-state index contributed by atoms with van der Waals surface area (Å²) in [7, 11) is 0. The fraction of sp³-hybridized carbons (Fsp3) is 0.381. The van der Waals surface area contributed by atoms with Gasteiger partial charge in [-0.2, -0.15) is 0 Å². The number of nitrogens with two attached hydrogens (primary N) is 1. The first-order valence-corrected chi connectivity index (χ1v) is 10.6. The maximum absolute atomic E-state index is 10.7. The van der Waals surface area contributed by atoms with Gasteiger partial charge in [0.1, 0.15) is 5.75 Å². The van der Waals surface area contributed by atoms with E-state index < -0.39 is 0 Å². The van der Waals surface area contributed by atoms with Gasteiger partial charge in [0.15, 0.2) is 5.16 Å². The van der Waals surface area contributed by atoms with E-state index in [0.29, 0.717) is 38.4 Å². The van der Waals surface area contributed by atoms with Crippen LogP contribution in [0.1, 0.15) is 30.5 Å². The summed E-state index contributed by atoms with van der Waals surface area (Å²) in [6.07, 6.45) is 3.58. The molecule has 0 saturated carbocycles. The van der Waals surface area contributed by atoms with Crippen LogP contribution in [0.2, 0.25) is 0 Å². The number of carbonyl (C=O) groups is 1. The van der Waals surface area contributed by atoms with Crippen LogP contribution in [0.3, 0.4) is 0 Å². The number of para-hydroxylation sites is 2. The number of nitrogens with one attached hydrogen (secondary N) is 1. The summed E-state index contributed by atoms with van der Waals surface area (Å²) in [5.74, 6) is 1.26. The number of rotatable bonds is 12. The number of hydrogen-bond donors (Lipinski definition) is 2. The number of imidazole rings is 1.